The van der Waals surface area contributed by atoms with Crippen LogP contribution < -0.4 is 5.32 Å². The largest absolute Gasteiger partial charge is 0.507 e. The van der Waals surface area contributed by atoms with Gasteiger partial charge in [-0.2, -0.15) is 0 Å². The Balaban J connectivity index is 1.24. The first-order chi connectivity index (χ1) is 31.4. The molecule has 0 radical (unpaired) electrons. The summed E-state index contributed by atoms with van der Waals surface area (Å²) in [5, 5.41) is 28.2. The zero-order valence-corrected chi connectivity index (χ0v) is 42.1. The number of rotatable bonds is 20. The van der Waals surface area contributed by atoms with Crippen LogP contribution in [0.2, 0.25) is 0 Å². The first kappa shape index (κ1) is 50.6. The number of aliphatic imine (C=N–C) groups is 3. The number of nitrogens with zero attached hydrogens (tertiary/aromatic N) is 3. The molecule has 1 saturated heterocycles. The molecule has 0 spiro atoms. The van der Waals surface area contributed by atoms with Crippen molar-refractivity contribution < 1.29 is 29.3 Å². The number of hydrogen-bond acceptors (Lipinski definition) is 10. The summed E-state index contributed by atoms with van der Waals surface area (Å²) in [5.41, 5.74) is 7.58. The third-order valence-corrected chi connectivity index (χ3v) is 14.9. The highest BCUT2D eigenvalue weighted by Crippen LogP contribution is 2.51. The lowest BCUT2D eigenvalue weighted by Gasteiger charge is -2.26. The van der Waals surface area contributed by atoms with E-state index < -0.39 is 23.2 Å². The Bertz CT molecular complexity index is 2410. The summed E-state index contributed by atoms with van der Waals surface area (Å²) < 4.78 is 10.9. The maximum absolute atomic E-state index is 13.7. The van der Waals surface area contributed by atoms with E-state index in [0.29, 0.717) is 51.4 Å². The highest BCUT2D eigenvalue weighted by Gasteiger charge is 2.59. The highest BCUT2D eigenvalue weighted by molar-refractivity contribution is 6.47. The molecule has 3 N–H and O–H groups in total. The number of carbonyl (C=O) groups excluding carboxylic acids is 2. The average molecular weight is 922 g/mol. The number of halogens is 1. The predicted octanol–water partition coefficient (Wildman–Crippen LogP) is 12.6. The summed E-state index contributed by atoms with van der Waals surface area (Å²) >= 11 is 7.39. The van der Waals surface area contributed by atoms with Crippen molar-refractivity contribution in [3.05, 3.63) is 115 Å². The van der Waals surface area contributed by atoms with Gasteiger partial charge in [0.1, 0.15) is 6.61 Å². The summed E-state index contributed by atoms with van der Waals surface area (Å²) in [6, 6.07) is 0. The molecular formula is C55H73ClN4O6. The van der Waals surface area contributed by atoms with Crippen LogP contribution in [0.4, 0.5) is 0 Å². The SMILES string of the molecule is C=CC1=C(C)C2=NC1=CC1=NC(=CC3=C(C)C4=C(O)[C@](O)(C(=O)OC)C(=C5NC(=C2Cl)[C@@H](C)[C@@H]5CCC(=O)OC/C=C(\C)CCC[C@H](C)CCC[C@H](C)CCCC(C)C)C4=N3)C(CC)=C1C. The molecule has 356 valence electrons. The monoisotopic (exact) mass is 921 g/mol. The van der Waals surface area contributed by atoms with E-state index in [4.69, 9.17) is 36.1 Å². The van der Waals surface area contributed by atoms with Crippen molar-refractivity contribution in [2.24, 2.45) is 44.6 Å². The van der Waals surface area contributed by atoms with Gasteiger partial charge in [0, 0.05) is 46.4 Å². The molecule has 0 amide bonds. The number of ether oxygens (including phenoxy) is 2. The van der Waals surface area contributed by atoms with Crippen molar-refractivity contribution in [2.75, 3.05) is 13.7 Å². The molecule has 0 aromatic rings. The van der Waals surface area contributed by atoms with Gasteiger partial charge in [-0.25, -0.2) is 19.8 Å². The molecule has 5 heterocycles. The van der Waals surface area contributed by atoms with Crippen LogP contribution in [-0.2, 0) is 19.1 Å². The van der Waals surface area contributed by atoms with E-state index >= 15 is 0 Å². The minimum atomic E-state index is -2.60. The Labute approximate surface area is 398 Å². The van der Waals surface area contributed by atoms with Crippen LogP contribution in [0.25, 0.3) is 0 Å². The molecule has 66 heavy (non-hydrogen) atoms. The number of aliphatic hydroxyl groups excluding tert-OH is 1. The van der Waals surface area contributed by atoms with Crippen molar-refractivity contribution in [1.29, 1.82) is 0 Å². The van der Waals surface area contributed by atoms with Gasteiger partial charge in [0.25, 0.3) is 0 Å². The van der Waals surface area contributed by atoms with Gasteiger partial charge >= 0.3 is 11.9 Å². The van der Waals surface area contributed by atoms with Gasteiger partial charge < -0.3 is 25.0 Å². The molecule has 0 unspecified atom stereocenters. The summed E-state index contributed by atoms with van der Waals surface area (Å²) in [5.74, 6) is -0.614. The molecule has 8 bridgehead atoms. The average Bonchev–Trinajstić information content (AvgIpc) is 4.01. The fraction of sp³-hybridized carbons (Fsp3) is 0.545. The van der Waals surface area contributed by atoms with Crippen LogP contribution in [0.5, 0.6) is 0 Å². The smallest absolute Gasteiger partial charge is 0.350 e. The molecule has 5 atom stereocenters. The van der Waals surface area contributed by atoms with Gasteiger partial charge in [-0.15, -0.1) is 0 Å². The molecule has 0 aromatic heterocycles. The standard InChI is InChI=1S/C55H73ClN4O6/c1-13-38-34(8)41-28-44-39(14-2)35(9)49(59-44)48(56)50-36(10)40(24-25-45(61)66-27-26-33(7)23-17-22-32(6)21-16-20-31(5)19-15-18-30(3)4)51(60-50)47-52-46(53(62)55(47,64)54(63)65-12)37(11)42(58-52)29-43(38)57-41/h14,26,28-32,36,40,60,62,64H,2,13,15-25,27H2,1,3-12H3/b33-26+,43-29?,44-28?,50-48?,51-47?/t31-,32-,36+,40+,55+/m1/s1. The third kappa shape index (κ3) is 10.2. The molecular weight excluding hydrogens is 848 g/mol. The van der Waals surface area contributed by atoms with Crippen molar-refractivity contribution in [1.82, 2.24) is 5.32 Å². The molecule has 5 aliphatic heterocycles. The normalized spacial score (nSPS) is 23.7. The van der Waals surface area contributed by atoms with E-state index in [0.717, 1.165) is 65.5 Å². The molecule has 6 rings (SSSR count). The molecule has 10 nitrogen and oxygen atoms in total. The molecule has 11 heteroatoms. The van der Waals surface area contributed by atoms with Crippen molar-refractivity contribution >= 4 is 40.7 Å². The van der Waals surface area contributed by atoms with Crippen LogP contribution in [0.1, 0.15) is 146 Å². The molecule has 0 aromatic carbocycles. The van der Waals surface area contributed by atoms with Gasteiger partial charge in [-0.1, -0.05) is 116 Å². The lowest BCUT2D eigenvalue weighted by molar-refractivity contribution is -0.156. The van der Waals surface area contributed by atoms with E-state index in [-0.39, 0.29) is 48.2 Å². The summed E-state index contributed by atoms with van der Waals surface area (Å²) in [6.45, 7) is 25.6. The lowest BCUT2D eigenvalue weighted by atomic mass is 9.83. The summed E-state index contributed by atoms with van der Waals surface area (Å²) in [4.78, 5) is 42.4. The van der Waals surface area contributed by atoms with Gasteiger partial charge in [-0.3, -0.25) is 4.79 Å². The number of esters is 2. The van der Waals surface area contributed by atoms with E-state index in [1.54, 1.807) is 13.0 Å². The first-order valence-electron chi connectivity index (χ1n) is 24.3. The molecule has 1 fully saturated rings. The van der Waals surface area contributed by atoms with E-state index in [9.17, 15) is 19.8 Å². The number of aliphatic hydroxyl groups is 2. The number of allylic oxidation sites excluding steroid dienone is 12. The van der Waals surface area contributed by atoms with Gasteiger partial charge in [0.05, 0.1) is 46.4 Å². The molecule has 1 aliphatic carbocycles. The predicted molar refractivity (Wildman–Crippen MR) is 268 cm³/mol. The van der Waals surface area contributed by atoms with Gasteiger partial charge in [-0.05, 0) is 112 Å². The number of nitrogens with one attached hydrogen (secondary N) is 1. The summed E-state index contributed by atoms with van der Waals surface area (Å²) in [6.07, 6.45) is 19.7. The van der Waals surface area contributed by atoms with E-state index in [2.05, 4.69) is 53.4 Å². The second-order valence-electron chi connectivity index (χ2n) is 19.8. The van der Waals surface area contributed by atoms with E-state index in [1.807, 2.05) is 39.0 Å². The zero-order chi connectivity index (χ0) is 48.2. The quantitative estimate of drug-likeness (QED) is 0.0815. The maximum atomic E-state index is 13.7. The Kier molecular flexibility index (Phi) is 16.4. The van der Waals surface area contributed by atoms with Gasteiger partial charge in [0.2, 0.25) is 5.60 Å². The Morgan fingerprint density at radius 2 is 1.58 bits per heavy atom. The van der Waals surface area contributed by atoms with Crippen molar-refractivity contribution in [2.45, 2.75) is 152 Å². The van der Waals surface area contributed by atoms with Crippen LogP contribution in [-0.4, -0.2) is 58.6 Å². The lowest BCUT2D eigenvalue weighted by Crippen LogP contribution is -2.44. The maximum Gasteiger partial charge on any atom is 0.350 e. The molecule has 6 aliphatic rings. The number of hydrogen-bond donors (Lipinski definition) is 3. The van der Waals surface area contributed by atoms with Crippen LogP contribution in [0.15, 0.2) is 130 Å². The fourth-order valence-corrected chi connectivity index (χ4v) is 10.7. The van der Waals surface area contributed by atoms with Gasteiger partial charge in [0.15, 0.2) is 5.76 Å². The Morgan fingerprint density at radius 1 is 0.909 bits per heavy atom. The van der Waals surface area contributed by atoms with Crippen LogP contribution in [0, 0.1) is 29.6 Å². The van der Waals surface area contributed by atoms with Crippen LogP contribution >= 0.6 is 11.6 Å². The number of fused-ring (bicyclic) bond motifs is 5. The van der Waals surface area contributed by atoms with Crippen LogP contribution in [0.3, 0.4) is 0 Å². The molecule has 0 saturated carbocycles. The number of methoxy groups -OCH3 is 1. The van der Waals surface area contributed by atoms with Crippen molar-refractivity contribution in [3.8, 4) is 0 Å². The fourth-order valence-electron chi connectivity index (χ4n) is 10.3. The number of carbonyl (C=O) groups is 2. The Hall–Kier alpha value is -4.80. The summed E-state index contributed by atoms with van der Waals surface area (Å²) in [7, 11) is 1.16. The van der Waals surface area contributed by atoms with Crippen molar-refractivity contribution in [3.63, 3.8) is 0 Å². The minimum absolute atomic E-state index is 0.0438. The van der Waals surface area contributed by atoms with E-state index in [1.165, 1.54) is 50.5 Å². The third-order valence-electron chi connectivity index (χ3n) is 14.5. The Morgan fingerprint density at radius 3 is 2.21 bits per heavy atom. The topological polar surface area (TPSA) is 142 Å². The second-order valence-corrected chi connectivity index (χ2v) is 20.2. The first-order valence-corrected chi connectivity index (χ1v) is 24.7. The highest BCUT2D eigenvalue weighted by atomic mass is 35.5. The zero-order valence-electron chi connectivity index (χ0n) is 41.3. The second kappa shape index (κ2) is 21.4. The minimum Gasteiger partial charge on any atom is -0.507 e.